The summed E-state index contributed by atoms with van der Waals surface area (Å²) in [4.78, 5) is 21.8. The molecule has 0 saturated heterocycles. The van der Waals surface area contributed by atoms with Crippen molar-refractivity contribution in [2.45, 2.75) is 38.8 Å². The quantitative estimate of drug-likeness (QED) is 0.573. The van der Waals surface area contributed by atoms with E-state index in [1.807, 2.05) is 4.68 Å². The van der Waals surface area contributed by atoms with E-state index in [4.69, 9.17) is 0 Å². The standard InChI is InChI=1S/C14H25N7O/c1-5-11-18-12-7-6-10(9-21(12)19-11)17-14(15-2)16-8-13(22)20(3)4/h10H,5-9H2,1-4H3,(H2,15,16,17). The number of amides is 1. The molecule has 0 radical (unpaired) electrons. The molecule has 0 fully saturated rings. The third-order valence-electron chi connectivity index (χ3n) is 3.69. The lowest BCUT2D eigenvalue weighted by molar-refractivity contribution is -0.127. The number of aliphatic imine (C=N–C) groups is 1. The average Bonchev–Trinajstić information content (AvgIpc) is 2.93. The molecule has 8 nitrogen and oxygen atoms in total. The SMILES string of the molecule is CCc1nc2n(n1)CC(NC(=NC)NCC(=O)N(C)C)CC2. The van der Waals surface area contributed by atoms with Crippen LogP contribution in [0.5, 0.6) is 0 Å². The zero-order valence-corrected chi connectivity index (χ0v) is 13.8. The molecule has 1 aromatic heterocycles. The second-order valence-electron chi connectivity index (χ2n) is 5.57. The molecule has 1 aliphatic heterocycles. The van der Waals surface area contributed by atoms with E-state index in [1.165, 1.54) is 0 Å². The largest absolute Gasteiger partial charge is 0.352 e. The van der Waals surface area contributed by atoms with Crippen molar-refractivity contribution in [1.29, 1.82) is 0 Å². The highest BCUT2D eigenvalue weighted by molar-refractivity contribution is 5.86. The highest BCUT2D eigenvalue weighted by atomic mass is 16.2. The highest BCUT2D eigenvalue weighted by Gasteiger charge is 2.22. The van der Waals surface area contributed by atoms with Gasteiger partial charge < -0.3 is 15.5 Å². The van der Waals surface area contributed by atoms with Gasteiger partial charge in [0.05, 0.1) is 13.1 Å². The van der Waals surface area contributed by atoms with Crippen LogP contribution in [0.4, 0.5) is 0 Å². The second kappa shape index (κ2) is 7.24. The molecule has 1 aliphatic rings. The van der Waals surface area contributed by atoms with Crippen LogP contribution in [0, 0.1) is 0 Å². The van der Waals surface area contributed by atoms with Crippen molar-refractivity contribution in [3.8, 4) is 0 Å². The van der Waals surface area contributed by atoms with Crippen LogP contribution in [0.1, 0.15) is 25.0 Å². The summed E-state index contributed by atoms with van der Waals surface area (Å²) in [6.45, 7) is 3.06. The third kappa shape index (κ3) is 3.96. The summed E-state index contributed by atoms with van der Waals surface area (Å²) in [5.74, 6) is 2.60. The average molecular weight is 307 g/mol. The molecule has 1 aromatic rings. The number of carbonyl (C=O) groups is 1. The molecule has 0 spiro atoms. The first-order valence-electron chi connectivity index (χ1n) is 7.63. The number of likely N-dealkylation sites (N-methyl/N-ethyl adjacent to an activating group) is 1. The molecule has 122 valence electrons. The maximum absolute atomic E-state index is 11.6. The Hall–Kier alpha value is -2.12. The minimum Gasteiger partial charge on any atom is -0.352 e. The molecule has 0 aliphatic carbocycles. The molecule has 2 rings (SSSR count). The summed E-state index contributed by atoms with van der Waals surface area (Å²) < 4.78 is 1.97. The Kier molecular flexibility index (Phi) is 5.35. The minimum atomic E-state index is 0.0118. The number of hydrogen-bond acceptors (Lipinski definition) is 4. The molecule has 0 aromatic carbocycles. The number of hydrogen-bond donors (Lipinski definition) is 2. The lowest BCUT2D eigenvalue weighted by atomic mass is 10.1. The van der Waals surface area contributed by atoms with Crippen LogP contribution >= 0.6 is 0 Å². The molecular formula is C14H25N7O. The van der Waals surface area contributed by atoms with Crippen molar-refractivity contribution in [3.05, 3.63) is 11.6 Å². The monoisotopic (exact) mass is 307 g/mol. The van der Waals surface area contributed by atoms with Crippen LogP contribution in [0.3, 0.4) is 0 Å². The zero-order chi connectivity index (χ0) is 16.1. The number of carbonyl (C=O) groups excluding carboxylic acids is 1. The first kappa shape index (κ1) is 16.3. The van der Waals surface area contributed by atoms with Crippen LogP contribution in [-0.2, 0) is 24.2 Å². The number of guanidine groups is 1. The highest BCUT2D eigenvalue weighted by Crippen LogP contribution is 2.13. The van der Waals surface area contributed by atoms with Crippen molar-refractivity contribution in [2.75, 3.05) is 27.7 Å². The van der Waals surface area contributed by atoms with E-state index in [1.54, 1.807) is 26.0 Å². The van der Waals surface area contributed by atoms with Gasteiger partial charge in [-0.05, 0) is 6.42 Å². The number of rotatable bonds is 4. The fourth-order valence-electron chi connectivity index (χ4n) is 2.33. The van der Waals surface area contributed by atoms with Crippen LogP contribution < -0.4 is 10.6 Å². The fourth-order valence-corrected chi connectivity index (χ4v) is 2.33. The summed E-state index contributed by atoms with van der Waals surface area (Å²) >= 11 is 0. The molecular weight excluding hydrogens is 282 g/mol. The van der Waals surface area contributed by atoms with Crippen molar-refractivity contribution in [2.24, 2.45) is 4.99 Å². The van der Waals surface area contributed by atoms with Gasteiger partial charge in [-0.2, -0.15) is 5.10 Å². The van der Waals surface area contributed by atoms with Gasteiger partial charge >= 0.3 is 0 Å². The predicted molar refractivity (Wildman–Crippen MR) is 84.7 cm³/mol. The number of aromatic nitrogens is 3. The van der Waals surface area contributed by atoms with Crippen molar-refractivity contribution < 1.29 is 4.79 Å². The Morgan fingerprint density at radius 1 is 1.50 bits per heavy atom. The lowest BCUT2D eigenvalue weighted by Crippen LogP contribution is -2.49. The topological polar surface area (TPSA) is 87.4 Å². The summed E-state index contributed by atoms with van der Waals surface area (Å²) in [5, 5.41) is 10.9. The summed E-state index contributed by atoms with van der Waals surface area (Å²) in [7, 11) is 5.17. The van der Waals surface area contributed by atoms with Gasteiger partial charge in [0.1, 0.15) is 5.82 Å². The Bertz CT molecular complexity index is 549. The van der Waals surface area contributed by atoms with Gasteiger partial charge in [-0.3, -0.25) is 9.79 Å². The smallest absolute Gasteiger partial charge is 0.241 e. The molecule has 22 heavy (non-hydrogen) atoms. The van der Waals surface area contributed by atoms with Crippen LogP contribution in [0.2, 0.25) is 0 Å². The van der Waals surface area contributed by atoms with Crippen LogP contribution in [-0.4, -0.2) is 65.3 Å². The van der Waals surface area contributed by atoms with E-state index in [9.17, 15) is 4.79 Å². The zero-order valence-electron chi connectivity index (χ0n) is 13.8. The normalized spacial score (nSPS) is 17.8. The maximum atomic E-state index is 11.6. The van der Waals surface area contributed by atoms with Gasteiger partial charge in [0.15, 0.2) is 11.8 Å². The molecule has 0 bridgehead atoms. The lowest BCUT2D eigenvalue weighted by Gasteiger charge is -2.25. The van der Waals surface area contributed by atoms with E-state index in [0.29, 0.717) is 5.96 Å². The Labute approximate surface area is 131 Å². The van der Waals surface area contributed by atoms with E-state index >= 15 is 0 Å². The maximum Gasteiger partial charge on any atom is 0.241 e. The number of nitrogens with one attached hydrogen (secondary N) is 2. The van der Waals surface area contributed by atoms with Crippen molar-refractivity contribution in [1.82, 2.24) is 30.3 Å². The van der Waals surface area contributed by atoms with Crippen molar-refractivity contribution in [3.63, 3.8) is 0 Å². The molecule has 1 atom stereocenters. The first-order valence-corrected chi connectivity index (χ1v) is 7.63. The van der Waals surface area contributed by atoms with E-state index in [0.717, 1.165) is 37.5 Å². The molecule has 1 amide bonds. The molecule has 8 heteroatoms. The van der Waals surface area contributed by atoms with Gasteiger partial charge in [-0.1, -0.05) is 6.92 Å². The van der Waals surface area contributed by atoms with Gasteiger partial charge in [-0.25, -0.2) is 9.67 Å². The van der Waals surface area contributed by atoms with E-state index in [2.05, 4.69) is 32.6 Å². The number of aryl methyl sites for hydroxylation is 2. The van der Waals surface area contributed by atoms with Gasteiger partial charge in [-0.15, -0.1) is 0 Å². The van der Waals surface area contributed by atoms with Gasteiger partial charge in [0.25, 0.3) is 0 Å². The van der Waals surface area contributed by atoms with E-state index < -0.39 is 0 Å². The number of fused-ring (bicyclic) bond motifs is 1. The molecule has 1 unspecified atom stereocenters. The Balaban J connectivity index is 1.89. The Morgan fingerprint density at radius 2 is 2.27 bits per heavy atom. The van der Waals surface area contributed by atoms with Crippen molar-refractivity contribution >= 4 is 11.9 Å². The fraction of sp³-hybridized carbons (Fsp3) is 0.714. The minimum absolute atomic E-state index is 0.0118. The molecule has 0 saturated carbocycles. The van der Waals surface area contributed by atoms with Crippen LogP contribution in [0.15, 0.2) is 4.99 Å². The van der Waals surface area contributed by atoms with Crippen LogP contribution in [0.25, 0.3) is 0 Å². The Morgan fingerprint density at radius 3 is 2.91 bits per heavy atom. The third-order valence-corrected chi connectivity index (χ3v) is 3.69. The summed E-state index contributed by atoms with van der Waals surface area (Å²) in [6.07, 6.45) is 2.73. The number of nitrogens with zero attached hydrogens (tertiary/aromatic N) is 5. The summed E-state index contributed by atoms with van der Waals surface area (Å²) in [5.41, 5.74) is 0. The molecule has 2 heterocycles. The summed E-state index contributed by atoms with van der Waals surface area (Å²) in [6, 6.07) is 0.236. The first-order chi connectivity index (χ1) is 10.5. The van der Waals surface area contributed by atoms with E-state index in [-0.39, 0.29) is 18.5 Å². The van der Waals surface area contributed by atoms with Gasteiger partial charge in [0.2, 0.25) is 5.91 Å². The second-order valence-corrected chi connectivity index (χ2v) is 5.57. The molecule has 2 N–H and O–H groups in total. The van der Waals surface area contributed by atoms with Gasteiger partial charge in [0, 0.05) is 40.0 Å². The predicted octanol–water partition coefficient (Wildman–Crippen LogP) is -0.591.